The van der Waals surface area contributed by atoms with Crippen LogP contribution in [0.25, 0.3) is 0 Å². The summed E-state index contributed by atoms with van der Waals surface area (Å²) in [6.07, 6.45) is 5.87. The average Bonchev–Trinajstić information content (AvgIpc) is 2.39. The van der Waals surface area contributed by atoms with Gasteiger partial charge in [-0.1, -0.05) is 25.3 Å². The fourth-order valence-corrected chi connectivity index (χ4v) is 2.63. The van der Waals surface area contributed by atoms with E-state index >= 15 is 0 Å². The van der Waals surface area contributed by atoms with Crippen molar-refractivity contribution in [2.24, 2.45) is 0 Å². The van der Waals surface area contributed by atoms with Crippen molar-refractivity contribution in [3.63, 3.8) is 0 Å². The lowest BCUT2D eigenvalue weighted by atomic mass is 9.70. The number of halogens is 1. The van der Waals surface area contributed by atoms with Gasteiger partial charge in [0.1, 0.15) is 6.29 Å². The predicted octanol–water partition coefficient (Wildman–Crippen LogP) is 3.24. The zero-order valence-electron chi connectivity index (χ0n) is 10.0. The number of hydrogen-bond donors (Lipinski definition) is 0. The van der Waals surface area contributed by atoms with Crippen LogP contribution in [0.15, 0.2) is 18.2 Å². The minimum atomic E-state index is -0.481. The van der Waals surface area contributed by atoms with Gasteiger partial charge in [-0.3, -0.25) is 0 Å². The highest BCUT2D eigenvalue weighted by atomic mass is 19.1. The monoisotopic (exact) mass is 236 g/mol. The largest absolute Gasteiger partial charge is 0.494 e. The molecule has 1 aliphatic rings. The van der Waals surface area contributed by atoms with E-state index in [9.17, 15) is 9.18 Å². The third kappa shape index (κ3) is 2.19. The number of carbonyl (C=O) groups excluding carboxylic acids is 1. The molecular weight excluding hydrogens is 219 g/mol. The van der Waals surface area contributed by atoms with Gasteiger partial charge < -0.3 is 9.53 Å². The summed E-state index contributed by atoms with van der Waals surface area (Å²) in [5.41, 5.74) is 0.302. The summed E-state index contributed by atoms with van der Waals surface area (Å²) in [6, 6.07) is 4.85. The van der Waals surface area contributed by atoms with E-state index in [1.165, 1.54) is 13.2 Å². The molecule has 1 fully saturated rings. The molecule has 0 radical (unpaired) electrons. The number of aldehydes is 1. The van der Waals surface area contributed by atoms with E-state index in [2.05, 4.69) is 0 Å². The topological polar surface area (TPSA) is 26.3 Å². The van der Waals surface area contributed by atoms with Gasteiger partial charge in [-0.05, 0) is 30.5 Å². The van der Waals surface area contributed by atoms with Crippen molar-refractivity contribution in [1.29, 1.82) is 0 Å². The van der Waals surface area contributed by atoms with E-state index in [1.54, 1.807) is 6.07 Å². The molecule has 17 heavy (non-hydrogen) atoms. The molecule has 92 valence electrons. The van der Waals surface area contributed by atoms with Gasteiger partial charge >= 0.3 is 0 Å². The number of hydrogen-bond acceptors (Lipinski definition) is 2. The molecular formula is C14H17FO2. The maximum absolute atomic E-state index is 13.7. The van der Waals surface area contributed by atoms with Crippen molar-refractivity contribution in [2.45, 2.75) is 37.5 Å². The zero-order valence-corrected chi connectivity index (χ0v) is 10.0. The van der Waals surface area contributed by atoms with Crippen LogP contribution in [0, 0.1) is 5.82 Å². The van der Waals surface area contributed by atoms with Gasteiger partial charge in [0.25, 0.3) is 0 Å². The lowest BCUT2D eigenvalue weighted by Gasteiger charge is -2.32. The Balaban J connectivity index is 2.37. The van der Waals surface area contributed by atoms with Crippen LogP contribution < -0.4 is 4.74 Å². The summed E-state index contributed by atoms with van der Waals surface area (Å²) < 4.78 is 18.6. The zero-order chi connectivity index (χ0) is 12.3. The molecule has 0 saturated heterocycles. The second-order valence-electron chi connectivity index (χ2n) is 4.68. The third-order valence-electron chi connectivity index (χ3n) is 3.70. The smallest absolute Gasteiger partial charge is 0.165 e. The number of ether oxygens (including phenoxy) is 1. The Morgan fingerprint density at radius 2 is 2.00 bits per heavy atom. The Morgan fingerprint density at radius 1 is 1.29 bits per heavy atom. The molecule has 0 spiro atoms. The van der Waals surface area contributed by atoms with Crippen molar-refractivity contribution in [1.82, 2.24) is 0 Å². The quantitative estimate of drug-likeness (QED) is 0.753. The second kappa shape index (κ2) is 4.86. The van der Waals surface area contributed by atoms with Crippen LogP contribution in [0.5, 0.6) is 5.75 Å². The highest BCUT2D eigenvalue weighted by Gasteiger charge is 2.34. The van der Waals surface area contributed by atoms with E-state index in [1.807, 2.05) is 6.07 Å². The molecule has 0 amide bonds. The Labute approximate surface area is 101 Å². The van der Waals surface area contributed by atoms with Crippen LogP contribution in [0.4, 0.5) is 4.39 Å². The first-order valence-corrected chi connectivity index (χ1v) is 6.02. The molecule has 0 unspecified atom stereocenters. The van der Waals surface area contributed by atoms with E-state index in [4.69, 9.17) is 4.74 Å². The van der Waals surface area contributed by atoms with Gasteiger partial charge in [-0.25, -0.2) is 4.39 Å². The van der Waals surface area contributed by atoms with E-state index < -0.39 is 11.2 Å². The molecule has 1 aromatic rings. The molecule has 1 aromatic carbocycles. The van der Waals surface area contributed by atoms with Crippen LogP contribution in [-0.4, -0.2) is 13.4 Å². The number of rotatable bonds is 3. The number of carbonyl (C=O) groups is 1. The van der Waals surface area contributed by atoms with Gasteiger partial charge in [-0.15, -0.1) is 0 Å². The highest BCUT2D eigenvalue weighted by molar-refractivity contribution is 5.69. The Morgan fingerprint density at radius 3 is 2.53 bits per heavy atom. The van der Waals surface area contributed by atoms with E-state index in [0.717, 1.165) is 44.0 Å². The Bertz CT molecular complexity index is 409. The normalized spacial score (nSPS) is 18.7. The molecule has 0 heterocycles. The Kier molecular flexibility index (Phi) is 3.46. The molecule has 2 rings (SSSR count). The summed E-state index contributed by atoms with van der Waals surface area (Å²) in [5.74, 6) is -0.164. The number of benzene rings is 1. The molecule has 1 aliphatic carbocycles. The SMILES string of the molecule is COc1ccc(C2(C=O)CCCCC2)cc1F. The first-order valence-electron chi connectivity index (χ1n) is 6.02. The van der Waals surface area contributed by atoms with Gasteiger partial charge in [0.2, 0.25) is 0 Å². The third-order valence-corrected chi connectivity index (χ3v) is 3.70. The lowest BCUT2D eigenvalue weighted by molar-refractivity contribution is -0.113. The van der Waals surface area contributed by atoms with Crippen LogP contribution in [-0.2, 0) is 10.2 Å². The van der Waals surface area contributed by atoms with Crippen LogP contribution in [0.3, 0.4) is 0 Å². The van der Waals surface area contributed by atoms with Crippen molar-refractivity contribution >= 4 is 6.29 Å². The van der Waals surface area contributed by atoms with E-state index in [0.29, 0.717) is 0 Å². The summed E-state index contributed by atoms with van der Waals surface area (Å²) in [7, 11) is 1.44. The van der Waals surface area contributed by atoms with Crippen LogP contribution in [0.2, 0.25) is 0 Å². The molecule has 0 aliphatic heterocycles. The first kappa shape index (κ1) is 12.1. The van der Waals surface area contributed by atoms with Crippen molar-refractivity contribution in [3.8, 4) is 5.75 Å². The molecule has 0 aromatic heterocycles. The molecule has 1 saturated carbocycles. The van der Waals surface area contributed by atoms with Crippen molar-refractivity contribution in [2.75, 3.05) is 7.11 Å². The highest BCUT2D eigenvalue weighted by Crippen LogP contribution is 2.38. The maximum Gasteiger partial charge on any atom is 0.165 e. The molecule has 2 nitrogen and oxygen atoms in total. The van der Waals surface area contributed by atoms with Crippen LogP contribution >= 0.6 is 0 Å². The van der Waals surface area contributed by atoms with Gasteiger partial charge in [-0.2, -0.15) is 0 Å². The summed E-state index contributed by atoms with van der Waals surface area (Å²) in [4.78, 5) is 11.4. The Hall–Kier alpha value is -1.38. The van der Waals surface area contributed by atoms with E-state index in [-0.39, 0.29) is 5.75 Å². The standard InChI is InChI=1S/C14H17FO2/c1-17-13-6-5-11(9-12(13)15)14(10-16)7-3-2-4-8-14/h5-6,9-10H,2-4,7-8H2,1H3. The molecule has 3 heteroatoms. The van der Waals surface area contributed by atoms with Gasteiger partial charge in [0, 0.05) is 0 Å². The fraction of sp³-hybridized carbons (Fsp3) is 0.500. The molecule has 0 bridgehead atoms. The molecule has 0 atom stereocenters. The summed E-state index contributed by atoms with van der Waals surface area (Å²) >= 11 is 0. The first-order chi connectivity index (χ1) is 8.22. The summed E-state index contributed by atoms with van der Waals surface area (Å²) in [5, 5.41) is 0. The lowest BCUT2D eigenvalue weighted by Crippen LogP contribution is -2.30. The van der Waals surface area contributed by atoms with Crippen molar-refractivity contribution < 1.29 is 13.9 Å². The average molecular weight is 236 g/mol. The minimum absolute atomic E-state index is 0.227. The van der Waals surface area contributed by atoms with Gasteiger partial charge in [0.15, 0.2) is 11.6 Å². The summed E-state index contributed by atoms with van der Waals surface area (Å²) in [6.45, 7) is 0. The molecule has 0 N–H and O–H groups in total. The number of methoxy groups -OCH3 is 1. The minimum Gasteiger partial charge on any atom is -0.494 e. The van der Waals surface area contributed by atoms with Crippen molar-refractivity contribution in [3.05, 3.63) is 29.6 Å². The fourth-order valence-electron chi connectivity index (χ4n) is 2.63. The predicted molar refractivity (Wildman–Crippen MR) is 63.8 cm³/mol. The van der Waals surface area contributed by atoms with Crippen LogP contribution in [0.1, 0.15) is 37.7 Å². The second-order valence-corrected chi connectivity index (χ2v) is 4.68. The van der Waals surface area contributed by atoms with Gasteiger partial charge in [0.05, 0.1) is 12.5 Å². The maximum atomic E-state index is 13.7.